The Morgan fingerprint density at radius 1 is 1.10 bits per heavy atom. The highest BCUT2D eigenvalue weighted by atomic mass is 16.3. The van der Waals surface area contributed by atoms with Crippen LogP contribution in [0.4, 0.5) is 0 Å². The van der Waals surface area contributed by atoms with Crippen LogP contribution in [-0.2, 0) is 11.8 Å². The first-order valence-electron chi connectivity index (χ1n) is 10.8. The fourth-order valence-electron chi connectivity index (χ4n) is 4.66. The Morgan fingerprint density at radius 3 is 2.21 bits per heavy atom. The summed E-state index contributed by atoms with van der Waals surface area (Å²) in [5.41, 5.74) is 6.94. The van der Waals surface area contributed by atoms with Crippen molar-refractivity contribution in [2.75, 3.05) is 0 Å². The molecule has 29 heavy (non-hydrogen) atoms. The Hall–Kier alpha value is -1.71. The Bertz CT molecular complexity index is 888. The lowest BCUT2D eigenvalue weighted by atomic mass is 9.72. The first-order chi connectivity index (χ1) is 13.3. The zero-order valence-corrected chi connectivity index (χ0v) is 19.3. The van der Waals surface area contributed by atoms with Gasteiger partial charge >= 0.3 is 0 Å². The summed E-state index contributed by atoms with van der Waals surface area (Å²) in [6.07, 6.45) is 0.300. The molecule has 0 saturated heterocycles. The molecule has 1 aromatic heterocycles. The smallest absolute Gasteiger partial charge is 0.106 e. The molecule has 3 nitrogen and oxygen atoms in total. The second-order valence-electron chi connectivity index (χ2n) is 10.9. The summed E-state index contributed by atoms with van der Waals surface area (Å²) in [7, 11) is 0. The minimum absolute atomic E-state index is 0.0308. The van der Waals surface area contributed by atoms with E-state index in [2.05, 4.69) is 60.6 Å². The van der Waals surface area contributed by atoms with Crippen molar-refractivity contribution in [3.8, 4) is 0 Å². The fraction of sp³-hybridized carbons (Fsp3) is 0.577. The van der Waals surface area contributed by atoms with E-state index in [1.165, 1.54) is 5.56 Å². The van der Waals surface area contributed by atoms with Gasteiger partial charge < -0.3 is 10.2 Å². The third kappa shape index (κ3) is 4.27. The molecular formula is C26H37NO2. The number of benzene rings is 1. The zero-order valence-electron chi connectivity index (χ0n) is 19.3. The Balaban J connectivity index is 2.12. The van der Waals surface area contributed by atoms with Gasteiger partial charge in [0.1, 0.15) is 6.10 Å². The largest absolute Gasteiger partial charge is 0.388 e. The summed E-state index contributed by atoms with van der Waals surface area (Å²) in [6, 6.07) is 8.25. The Kier molecular flexibility index (Phi) is 5.70. The van der Waals surface area contributed by atoms with Gasteiger partial charge in [0.15, 0.2) is 0 Å². The molecule has 1 heterocycles. The summed E-state index contributed by atoms with van der Waals surface area (Å²) in [6.45, 7) is 17.2. The van der Waals surface area contributed by atoms with Crippen molar-refractivity contribution < 1.29 is 10.2 Å². The maximum atomic E-state index is 11.4. The highest BCUT2D eigenvalue weighted by Crippen LogP contribution is 2.44. The average molecular weight is 396 g/mol. The molecule has 0 radical (unpaired) electrons. The van der Waals surface area contributed by atoms with Crippen LogP contribution in [0.2, 0.25) is 0 Å². The van der Waals surface area contributed by atoms with Gasteiger partial charge in [0.25, 0.3) is 0 Å². The van der Waals surface area contributed by atoms with Gasteiger partial charge in [0, 0.05) is 22.5 Å². The van der Waals surface area contributed by atoms with Crippen LogP contribution >= 0.6 is 0 Å². The van der Waals surface area contributed by atoms with Crippen molar-refractivity contribution in [1.29, 1.82) is 0 Å². The van der Waals surface area contributed by atoms with E-state index in [0.717, 1.165) is 46.5 Å². The van der Waals surface area contributed by atoms with E-state index in [0.29, 0.717) is 0 Å². The Morgan fingerprint density at radius 2 is 1.69 bits per heavy atom. The van der Waals surface area contributed by atoms with E-state index < -0.39 is 12.2 Å². The van der Waals surface area contributed by atoms with E-state index >= 15 is 0 Å². The lowest BCUT2D eigenvalue weighted by molar-refractivity contribution is 0.0968. The van der Waals surface area contributed by atoms with Gasteiger partial charge in [-0.3, -0.25) is 4.98 Å². The van der Waals surface area contributed by atoms with Gasteiger partial charge in [-0.05, 0) is 53.2 Å². The lowest BCUT2D eigenvalue weighted by Gasteiger charge is -2.36. The van der Waals surface area contributed by atoms with Crippen molar-refractivity contribution in [3.05, 3.63) is 63.5 Å². The second-order valence-corrected chi connectivity index (χ2v) is 10.9. The molecule has 158 valence electrons. The molecule has 0 spiro atoms. The van der Waals surface area contributed by atoms with E-state index in [1.54, 1.807) is 0 Å². The highest BCUT2D eigenvalue weighted by Gasteiger charge is 2.36. The molecule has 2 unspecified atom stereocenters. The number of aliphatic hydroxyl groups excluding tert-OH is 2. The molecule has 0 aliphatic heterocycles. The van der Waals surface area contributed by atoms with Crippen molar-refractivity contribution in [1.82, 2.24) is 4.98 Å². The molecule has 1 aliphatic carbocycles. The Labute approximate surface area is 176 Å². The molecule has 2 atom stereocenters. The molecule has 2 aromatic rings. The predicted molar refractivity (Wildman–Crippen MR) is 119 cm³/mol. The molecule has 0 amide bonds. The third-order valence-corrected chi connectivity index (χ3v) is 6.29. The molecule has 3 rings (SSSR count). The molecular weight excluding hydrogens is 358 g/mol. The number of hydrogen-bond donors (Lipinski definition) is 2. The molecule has 0 bridgehead atoms. The quantitative estimate of drug-likeness (QED) is 0.680. The van der Waals surface area contributed by atoms with Crippen LogP contribution in [0.15, 0.2) is 24.3 Å². The van der Waals surface area contributed by atoms with E-state index in [9.17, 15) is 10.2 Å². The van der Waals surface area contributed by atoms with Crippen molar-refractivity contribution in [3.63, 3.8) is 0 Å². The second kappa shape index (κ2) is 7.52. The summed E-state index contributed by atoms with van der Waals surface area (Å²) in [5.74, 6) is 0.194. The SMILES string of the molecule is Cc1c2c(nc(C(C)C)c1C(O)c1ccc(C(C)(C)C)cc1)CC(C)(C)CC2O. The van der Waals surface area contributed by atoms with Gasteiger partial charge in [-0.15, -0.1) is 0 Å². The van der Waals surface area contributed by atoms with Crippen LogP contribution in [-0.4, -0.2) is 15.2 Å². The van der Waals surface area contributed by atoms with Crippen molar-refractivity contribution in [2.24, 2.45) is 5.41 Å². The predicted octanol–water partition coefficient (Wildman–Crippen LogP) is 5.90. The maximum Gasteiger partial charge on any atom is 0.106 e. The van der Waals surface area contributed by atoms with E-state index in [-0.39, 0.29) is 16.7 Å². The summed E-state index contributed by atoms with van der Waals surface area (Å²) in [4.78, 5) is 5.00. The minimum Gasteiger partial charge on any atom is -0.388 e. The summed E-state index contributed by atoms with van der Waals surface area (Å²) < 4.78 is 0. The van der Waals surface area contributed by atoms with E-state index in [4.69, 9.17) is 4.98 Å². The van der Waals surface area contributed by atoms with Gasteiger partial charge in [-0.2, -0.15) is 0 Å². The molecule has 1 aliphatic rings. The summed E-state index contributed by atoms with van der Waals surface area (Å²) in [5, 5.41) is 22.3. The van der Waals surface area contributed by atoms with Crippen LogP contribution in [0.25, 0.3) is 0 Å². The van der Waals surface area contributed by atoms with Gasteiger partial charge in [0.2, 0.25) is 0 Å². The molecule has 0 saturated carbocycles. The zero-order chi connectivity index (χ0) is 21.7. The molecule has 1 aromatic carbocycles. The standard InChI is InChI=1S/C26H37NO2/c1-15(2)23-22(24(29)17-9-11-18(12-10-17)25(4,5)6)16(3)21-19(27-23)13-26(7,8)14-20(21)28/h9-12,15,20,24,28-29H,13-14H2,1-8H3. The van der Waals surface area contributed by atoms with Crippen LogP contribution in [0.3, 0.4) is 0 Å². The van der Waals surface area contributed by atoms with Crippen LogP contribution in [0.5, 0.6) is 0 Å². The van der Waals surface area contributed by atoms with Crippen molar-refractivity contribution in [2.45, 2.75) is 91.8 Å². The van der Waals surface area contributed by atoms with Crippen molar-refractivity contribution >= 4 is 0 Å². The molecule has 2 N–H and O–H groups in total. The topological polar surface area (TPSA) is 53.4 Å². The van der Waals surface area contributed by atoms with Crippen LogP contribution in [0.1, 0.15) is 112 Å². The van der Waals surface area contributed by atoms with Crippen LogP contribution < -0.4 is 0 Å². The third-order valence-electron chi connectivity index (χ3n) is 6.29. The first-order valence-corrected chi connectivity index (χ1v) is 10.8. The monoisotopic (exact) mass is 395 g/mol. The minimum atomic E-state index is -0.749. The highest BCUT2D eigenvalue weighted by molar-refractivity contribution is 5.48. The first kappa shape index (κ1) is 22.0. The maximum absolute atomic E-state index is 11.4. The molecule has 3 heteroatoms. The normalized spacial score (nSPS) is 19.9. The van der Waals surface area contributed by atoms with E-state index in [1.807, 2.05) is 19.1 Å². The number of pyridine rings is 1. The van der Waals surface area contributed by atoms with Crippen LogP contribution in [0, 0.1) is 12.3 Å². The lowest BCUT2D eigenvalue weighted by Crippen LogP contribution is -2.29. The van der Waals surface area contributed by atoms with Gasteiger partial charge in [0.05, 0.1) is 6.10 Å². The van der Waals surface area contributed by atoms with Gasteiger partial charge in [-0.1, -0.05) is 72.7 Å². The average Bonchev–Trinajstić information content (AvgIpc) is 2.58. The van der Waals surface area contributed by atoms with Gasteiger partial charge in [-0.25, -0.2) is 0 Å². The number of rotatable bonds is 3. The summed E-state index contributed by atoms with van der Waals surface area (Å²) >= 11 is 0. The number of aliphatic hydroxyl groups is 2. The number of aromatic nitrogens is 1. The fourth-order valence-corrected chi connectivity index (χ4v) is 4.66. The molecule has 0 fully saturated rings. The number of nitrogens with zero attached hydrogens (tertiary/aromatic N) is 1. The number of hydrogen-bond acceptors (Lipinski definition) is 3. The number of fused-ring (bicyclic) bond motifs is 1.